The Labute approximate surface area is 99.4 Å². The van der Waals surface area contributed by atoms with Crippen molar-refractivity contribution < 1.29 is 17.9 Å². The Morgan fingerprint density at radius 1 is 1.24 bits per heavy atom. The van der Waals surface area contributed by atoms with Gasteiger partial charge < -0.3 is 15.2 Å². The van der Waals surface area contributed by atoms with Crippen LogP contribution in [0.1, 0.15) is 5.56 Å². The summed E-state index contributed by atoms with van der Waals surface area (Å²) in [6.45, 7) is 0.540. The molecule has 0 aliphatic carbocycles. The summed E-state index contributed by atoms with van der Waals surface area (Å²) < 4.78 is 33.2. The zero-order chi connectivity index (χ0) is 12.1. The number of benzene rings is 1. The first kappa shape index (κ1) is 10.9. The van der Waals surface area contributed by atoms with Gasteiger partial charge in [0.15, 0.2) is 21.3 Å². The molecule has 0 aromatic heterocycles. The van der Waals surface area contributed by atoms with Gasteiger partial charge in [0.05, 0.1) is 11.5 Å². The van der Waals surface area contributed by atoms with Gasteiger partial charge in [-0.25, -0.2) is 8.42 Å². The van der Waals surface area contributed by atoms with Crippen molar-refractivity contribution in [3.05, 3.63) is 23.8 Å². The predicted molar refractivity (Wildman–Crippen MR) is 62.0 cm³/mol. The molecule has 3 rings (SSSR count). The van der Waals surface area contributed by atoms with Crippen LogP contribution < -0.4 is 15.2 Å². The van der Waals surface area contributed by atoms with Gasteiger partial charge in [0, 0.05) is 12.0 Å². The van der Waals surface area contributed by atoms with Gasteiger partial charge in [0.2, 0.25) is 6.79 Å². The molecule has 5 nitrogen and oxygen atoms in total. The molecule has 0 unspecified atom stereocenters. The van der Waals surface area contributed by atoms with Crippen LogP contribution >= 0.6 is 0 Å². The van der Waals surface area contributed by atoms with Gasteiger partial charge in [-0.2, -0.15) is 0 Å². The van der Waals surface area contributed by atoms with Crippen molar-refractivity contribution in [3.8, 4) is 11.5 Å². The van der Waals surface area contributed by atoms with Crippen molar-refractivity contribution in [3.63, 3.8) is 0 Å². The lowest BCUT2D eigenvalue weighted by molar-refractivity contribution is 0.174. The zero-order valence-corrected chi connectivity index (χ0v) is 10.00. The fraction of sp³-hybridized carbons (Fsp3) is 0.455. The molecule has 6 heteroatoms. The first-order valence-corrected chi connectivity index (χ1v) is 7.17. The molecule has 17 heavy (non-hydrogen) atoms. The van der Waals surface area contributed by atoms with Crippen LogP contribution in [0.5, 0.6) is 11.5 Å². The SMILES string of the molecule is NCC1(c2ccc3c(c2)OCO3)CS(=O)(=O)C1. The Morgan fingerprint density at radius 2 is 1.94 bits per heavy atom. The third-order valence-corrected chi connectivity index (χ3v) is 5.35. The lowest BCUT2D eigenvalue weighted by atomic mass is 9.83. The molecule has 0 atom stereocenters. The summed E-state index contributed by atoms with van der Waals surface area (Å²) in [7, 11) is -2.92. The Hall–Kier alpha value is -1.27. The maximum absolute atomic E-state index is 11.4. The van der Waals surface area contributed by atoms with E-state index in [-0.39, 0.29) is 18.3 Å². The van der Waals surface area contributed by atoms with Crippen molar-refractivity contribution >= 4 is 9.84 Å². The molecule has 0 spiro atoms. The molecule has 2 heterocycles. The van der Waals surface area contributed by atoms with Gasteiger partial charge >= 0.3 is 0 Å². The zero-order valence-electron chi connectivity index (χ0n) is 9.18. The smallest absolute Gasteiger partial charge is 0.231 e. The molecule has 0 radical (unpaired) electrons. The van der Waals surface area contributed by atoms with E-state index in [1.807, 2.05) is 12.1 Å². The molecule has 2 N–H and O–H groups in total. The minimum Gasteiger partial charge on any atom is -0.454 e. The Bertz CT molecular complexity index is 555. The first-order valence-electron chi connectivity index (χ1n) is 5.35. The quantitative estimate of drug-likeness (QED) is 0.807. The highest BCUT2D eigenvalue weighted by Crippen LogP contribution is 2.41. The fourth-order valence-corrected chi connectivity index (χ4v) is 4.60. The highest BCUT2D eigenvalue weighted by molar-refractivity contribution is 7.93. The summed E-state index contributed by atoms with van der Waals surface area (Å²) in [5.41, 5.74) is 6.20. The van der Waals surface area contributed by atoms with E-state index in [0.29, 0.717) is 18.0 Å². The molecule has 0 saturated carbocycles. The van der Waals surface area contributed by atoms with E-state index in [0.717, 1.165) is 5.56 Å². The molecular formula is C11H13NO4S. The lowest BCUT2D eigenvalue weighted by Gasteiger charge is -2.40. The van der Waals surface area contributed by atoms with Crippen LogP contribution in [0.4, 0.5) is 0 Å². The summed E-state index contributed by atoms with van der Waals surface area (Å²) in [4.78, 5) is 0. The van der Waals surface area contributed by atoms with Crippen LogP contribution in [0.3, 0.4) is 0 Å². The maximum atomic E-state index is 11.4. The number of hydrogen-bond donors (Lipinski definition) is 1. The normalized spacial score (nSPS) is 23.1. The second kappa shape index (κ2) is 3.36. The maximum Gasteiger partial charge on any atom is 0.231 e. The minimum absolute atomic E-state index is 0.121. The highest BCUT2D eigenvalue weighted by atomic mass is 32.2. The number of rotatable bonds is 2. The summed E-state index contributed by atoms with van der Waals surface area (Å²) in [5.74, 6) is 1.61. The van der Waals surface area contributed by atoms with Crippen LogP contribution in [0.15, 0.2) is 18.2 Å². The third-order valence-electron chi connectivity index (χ3n) is 3.37. The predicted octanol–water partition coefficient (Wildman–Crippen LogP) is 0.0402. The summed E-state index contributed by atoms with van der Waals surface area (Å²) in [6.07, 6.45) is 0. The summed E-state index contributed by atoms with van der Waals surface area (Å²) in [6, 6.07) is 5.51. The number of nitrogens with two attached hydrogens (primary N) is 1. The number of ether oxygens (including phenoxy) is 2. The Kier molecular flexibility index (Phi) is 2.15. The number of sulfone groups is 1. The van der Waals surface area contributed by atoms with E-state index in [4.69, 9.17) is 15.2 Å². The number of fused-ring (bicyclic) bond motifs is 1. The average molecular weight is 255 g/mol. The van der Waals surface area contributed by atoms with E-state index in [1.165, 1.54) is 0 Å². The van der Waals surface area contributed by atoms with E-state index < -0.39 is 15.3 Å². The lowest BCUT2D eigenvalue weighted by Crippen LogP contribution is -2.56. The molecule has 1 saturated heterocycles. The molecule has 0 amide bonds. The average Bonchev–Trinajstić information content (AvgIpc) is 2.71. The van der Waals surface area contributed by atoms with Crippen LogP contribution in [0.25, 0.3) is 0 Å². The Morgan fingerprint density at radius 3 is 2.59 bits per heavy atom. The molecule has 1 fully saturated rings. The van der Waals surface area contributed by atoms with Gasteiger partial charge in [0.25, 0.3) is 0 Å². The van der Waals surface area contributed by atoms with Gasteiger partial charge in [-0.1, -0.05) is 6.07 Å². The van der Waals surface area contributed by atoms with E-state index >= 15 is 0 Å². The van der Waals surface area contributed by atoms with E-state index in [1.54, 1.807) is 6.07 Å². The standard InChI is InChI=1S/C11H13NO4S/c12-4-11(5-17(13,14)6-11)8-1-2-9-10(3-8)16-7-15-9/h1-3H,4-7,12H2. The van der Waals surface area contributed by atoms with E-state index in [9.17, 15) is 8.42 Å². The van der Waals surface area contributed by atoms with Gasteiger partial charge in [-0.3, -0.25) is 0 Å². The highest BCUT2D eigenvalue weighted by Gasteiger charge is 2.49. The summed E-state index contributed by atoms with van der Waals surface area (Å²) >= 11 is 0. The van der Waals surface area contributed by atoms with Gasteiger partial charge in [-0.15, -0.1) is 0 Å². The fourth-order valence-electron chi connectivity index (χ4n) is 2.43. The van der Waals surface area contributed by atoms with Crippen molar-refractivity contribution in [2.45, 2.75) is 5.41 Å². The minimum atomic E-state index is -2.92. The molecule has 2 aliphatic rings. The van der Waals surface area contributed by atoms with Crippen LogP contribution in [0.2, 0.25) is 0 Å². The van der Waals surface area contributed by atoms with Gasteiger partial charge in [-0.05, 0) is 17.7 Å². The third kappa shape index (κ3) is 1.59. The topological polar surface area (TPSA) is 78.6 Å². The van der Waals surface area contributed by atoms with Crippen molar-refractivity contribution in [2.24, 2.45) is 5.73 Å². The van der Waals surface area contributed by atoms with Crippen LogP contribution in [-0.4, -0.2) is 33.3 Å². The largest absolute Gasteiger partial charge is 0.454 e. The van der Waals surface area contributed by atoms with Crippen LogP contribution in [-0.2, 0) is 15.3 Å². The molecule has 1 aromatic carbocycles. The second-order valence-corrected chi connectivity index (χ2v) is 6.65. The van der Waals surface area contributed by atoms with Crippen molar-refractivity contribution in [1.82, 2.24) is 0 Å². The first-order chi connectivity index (χ1) is 8.05. The molecule has 0 bridgehead atoms. The van der Waals surface area contributed by atoms with Crippen LogP contribution in [0, 0.1) is 0 Å². The summed E-state index contributed by atoms with van der Waals surface area (Å²) in [5, 5.41) is 0. The Balaban J connectivity index is 1.99. The van der Waals surface area contributed by atoms with Crippen molar-refractivity contribution in [2.75, 3.05) is 24.8 Å². The number of hydrogen-bond acceptors (Lipinski definition) is 5. The van der Waals surface area contributed by atoms with E-state index in [2.05, 4.69) is 0 Å². The molecule has 2 aliphatic heterocycles. The monoisotopic (exact) mass is 255 g/mol. The van der Waals surface area contributed by atoms with Gasteiger partial charge in [0.1, 0.15) is 0 Å². The molecule has 1 aromatic rings. The molecular weight excluding hydrogens is 242 g/mol. The molecule has 92 valence electrons. The second-order valence-electron chi connectivity index (χ2n) is 4.58. The van der Waals surface area contributed by atoms with Crippen molar-refractivity contribution in [1.29, 1.82) is 0 Å².